The van der Waals surface area contributed by atoms with Crippen LogP contribution >= 0.6 is 0 Å². The summed E-state index contributed by atoms with van der Waals surface area (Å²) in [6.45, 7) is 0.466. The van der Waals surface area contributed by atoms with Crippen molar-refractivity contribution in [3.05, 3.63) is 95.6 Å². The second-order valence-corrected chi connectivity index (χ2v) is 5.93. The quantitative estimate of drug-likeness (QED) is 0.586. The van der Waals surface area contributed by atoms with Crippen LogP contribution in [0.15, 0.2) is 78.9 Å². The number of carbonyl (C=O) groups excluding carboxylic acids is 1. The first-order valence-corrected chi connectivity index (χ1v) is 8.49. The molecule has 0 aliphatic heterocycles. The number of ketones is 1. The lowest BCUT2D eigenvalue weighted by Crippen LogP contribution is -2.15. The minimum absolute atomic E-state index is 0.0815. The van der Waals surface area contributed by atoms with Crippen molar-refractivity contribution in [2.24, 2.45) is 0 Å². The summed E-state index contributed by atoms with van der Waals surface area (Å²) < 4.78 is 5.82. The molecule has 3 rings (SSSR count). The highest BCUT2D eigenvalue weighted by molar-refractivity contribution is 6.01. The minimum Gasteiger partial charge on any atom is -0.488 e. The number of benzene rings is 3. The van der Waals surface area contributed by atoms with Gasteiger partial charge in [-0.05, 0) is 42.0 Å². The van der Waals surface area contributed by atoms with E-state index in [0.717, 1.165) is 5.56 Å². The molecule has 0 fully saturated rings. The lowest BCUT2D eigenvalue weighted by Gasteiger charge is -2.12. The molecule has 0 aliphatic carbocycles. The Bertz CT molecular complexity index is 921. The van der Waals surface area contributed by atoms with Crippen LogP contribution in [0.1, 0.15) is 26.3 Å². The number of carboxylic acids is 1. The van der Waals surface area contributed by atoms with Crippen LogP contribution in [0.3, 0.4) is 0 Å². The molecule has 0 amide bonds. The van der Waals surface area contributed by atoms with Gasteiger partial charge in [-0.3, -0.25) is 4.79 Å². The SMILES string of the molecule is O=C(O)c1ccc(NCC(=O)c2ccccc2OCc2ccccc2)cc1. The molecule has 0 radical (unpaired) electrons. The summed E-state index contributed by atoms with van der Waals surface area (Å²) in [5.41, 5.74) is 2.40. The normalized spacial score (nSPS) is 10.2. The lowest BCUT2D eigenvalue weighted by molar-refractivity contribution is 0.0696. The molecule has 2 N–H and O–H groups in total. The highest BCUT2D eigenvalue weighted by Crippen LogP contribution is 2.20. The number of rotatable bonds is 8. The van der Waals surface area contributed by atoms with Gasteiger partial charge in [-0.25, -0.2) is 4.79 Å². The van der Waals surface area contributed by atoms with Crippen molar-refractivity contribution in [3.63, 3.8) is 0 Å². The molecule has 5 nitrogen and oxygen atoms in total. The Hall–Kier alpha value is -3.60. The zero-order chi connectivity index (χ0) is 19.1. The van der Waals surface area contributed by atoms with E-state index in [2.05, 4.69) is 5.32 Å². The number of Topliss-reactive ketones (excluding diaryl/α,β-unsaturated/α-hetero) is 1. The van der Waals surface area contributed by atoms with E-state index in [1.807, 2.05) is 36.4 Å². The Morgan fingerprint density at radius 1 is 0.852 bits per heavy atom. The van der Waals surface area contributed by atoms with E-state index in [1.165, 1.54) is 12.1 Å². The molecule has 0 atom stereocenters. The van der Waals surface area contributed by atoms with Crippen LogP contribution in [0.25, 0.3) is 0 Å². The van der Waals surface area contributed by atoms with Crippen molar-refractivity contribution in [3.8, 4) is 5.75 Å². The highest BCUT2D eigenvalue weighted by Gasteiger charge is 2.12. The largest absolute Gasteiger partial charge is 0.488 e. The van der Waals surface area contributed by atoms with Gasteiger partial charge in [-0.1, -0.05) is 42.5 Å². The summed E-state index contributed by atoms with van der Waals surface area (Å²) in [7, 11) is 0. The summed E-state index contributed by atoms with van der Waals surface area (Å²) in [5.74, 6) is -0.558. The molecular formula is C22H19NO4. The fraction of sp³-hybridized carbons (Fsp3) is 0.0909. The molecule has 5 heteroatoms. The van der Waals surface area contributed by atoms with Crippen LogP contribution in [-0.4, -0.2) is 23.4 Å². The number of anilines is 1. The molecule has 136 valence electrons. The Morgan fingerprint density at radius 3 is 2.22 bits per heavy atom. The van der Waals surface area contributed by atoms with Gasteiger partial charge in [0.15, 0.2) is 5.78 Å². The zero-order valence-electron chi connectivity index (χ0n) is 14.6. The van der Waals surface area contributed by atoms with Gasteiger partial charge in [-0.15, -0.1) is 0 Å². The standard InChI is InChI=1S/C22H19NO4/c24-20(14-23-18-12-10-17(11-13-18)22(25)26)19-8-4-5-9-21(19)27-15-16-6-2-1-3-7-16/h1-13,23H,14-15H2,(H,25,26). The smallest absolute Gasteiger partial charge is 0.335 e. The number of para-hydroxylation sites is 1. The molecule has 0 heterocycles. The molecule has 0 bridgehead atoms. The van der Waals surface area contributed by atoms with E-state index in [0.29, 0.717) is 23.6 Å². The van der Waals surface area contributed by atoms with Crippen molar-refractivity contribution >= 4 is 17.4 Å². The summed E-state index contributed by atoms with van der Waals surface area (Å²) in [4.78, 5) is 23.5. The van der Waals surface area contributed by atoms with Crippen LogP contribution in [0.5, 0.6) is 5.75 Å². The number of nitrogens with one attached hydrogen (secondary N) is 1. The Labute approximate surface area is 157 Å². The van der Waals surface area contributed by atoms with E-state index < -0.39 is 5.97 Å². The molecule has 27 heavy (non-hydrogen) atoms. The number of ether oxygens (including phenoxy) is 1. The molecule has 0 aromatic heterocycles. The van der Waals surface area contributed by atoms with E-state index in [9.17, 15) is 9.59 Å². The lowest BCUT2D eigenvalue weighted by atomic mass is 10.1. The Balaban J connectivity index is 1.63. The summed E-state index contributed by atoms with van der Waals surface area (Å²) >= 11 is 0. The maximum Gasteiger partial charge on any atom is 0.335 e. The number of hydrogen-bond donors (Lipinski definition) is 2. The predicted octanol–water partition coefficient (Wildman–Crippen LogP) is 4.26. The van der Waals surface area contributed by atoms with Gasteiger partial charge in [0.25, 0.3) is 0 Å². The van der Waals surface area contributed by atoms with Crippen molar-refractivity contribution in [2.45, 2.75) is 6.61 Å². The van der Waals surface area contributed by atoms with Gasteiger partial charge in [0.05, 0.1) is 17.7 Å². The molecule has 3 aromatic carbocycles. The van der Waals surface area contributed by atoms with Crippen LogP contribution in [0.2, 0.25) is 0 Å². The molecule has 0 spiro atoms. The van der Waals surface area contributed by atoms with Gasteiger partial charge in [-0.2, -0.15) is 0 Å². The average molecular weight is 361 g/mol. The fourth-order valence-electron chi connectivity index (χ4n) is 2.57. The third-order valence-electron chi connectivity index (χ3n) is 4.01. The molecule has 0 unspecified atom stereocenters. The van der Waals surface area contributed by atoms with Crippen LogP contribution < -0.4 is 10.1 Å². The monoisotopic (exact) mass is 361 g/mol. The predicted molar refractivity (Wildman–Crippen MR) is 103 cm³/mol. The Kier molecular flexibility index (Phi) is 5.84. The maximum atomic E-state index is 12.6. The van der Waals surface area contributed by atoms with E-state index >= 15 is 0 Å². The molecule has 0 aliphatic rings. The topological polar surface area (TPSA) is 75.6 Å². The molecule has 3 aromatic rings. The van der Waals surface area contributed by atoms with Crippen molar-refractivity contribution in [2.75, 3.05) is 11.9 Å². The van der Waals surface area contributed by atoms with Gasteiger partial charge >= 0.3 is 5.97 Å². The molecular weight excluding hydrogens is 342 g/mol. The summed E-state index contributed by atoms with van der Waals surface area (Å²) in [5, 5.41) is 11.9. The number of aromatic carboxylic acids is 1. The van der Waals surface area contributed by atoms with Crippen LogP contribution in [0.4, 0.5) is 5.69 Å². The van der Waals surface area contributed by atoms with Crippen LogP contribution in [-0.2, 0) is 6.61 Å². The number of carbonyl (C=O) groups is 2. The third kappa shape index (κ3) is 4.95. The summed E-state index contributed by atoms with van der Waals surface area (Å²) in [6, 6.07) is 23.1. The van der Waals surface area contributed by atoms with Gasteiger partial charge in [0, 0.05) is 5.69 Å². The molecule has 0 saturated carbocycles. The minimum atomic E-state index is -0.984. The second-order valence-electron chi connectivity index (χ2n) is 5.93. The van der Waals surface area contributed by atoms with Gasteiger partial charge in [0.2, 0.25) is 0 Å². The zero-order valence-corrected chi connectivity index (χ0v) is 14.6. The average Bonchev–Trinajstić information content (AvgIpc) is 2.71. The Morgan fingerprint density at radius 2 is 1.52 bits per heavy atom. The molecule has 0 saturated heterocycles. The third-order valence-corrected chi connectivity index (χ3v) is 4.01. The van der Waals surface area contributed by atoms with Crippen molar-refractivity contribution in [1.29, 1.82) is 0 Å². The van der Waals surface area contributed by atoms with E-state index in [1.54, 1.807) is 30.3 Å². The summed E-state index contributed by atoms with van der Waals surface area (Å²) in [6.07, 6.45) is 0. The first-order valence-electron chi connectivity index (χ1n) is 8.49. The number of hydrogen-bond acceptors (Lipinski definition) is 4. The maximum absolute atomic E-state index is 12.6. The first kappa shape index (κ1) is 18.2. The van der Waals surface area contributed by atoms with Crippen molar-refractivity contribution < 1.29 is 19.4 Å². The second kappa shape index (κ2) is 8.67. The highest BCUT2D eigenvalue weighted by atomic mass is 16.5. The van der Waals surface area contributed by atoms with E-state index in [4.69, 9.17) is 9.84 Å². The van der Waals surface area contributed by atoms with Crippen LogP contribution in [0, 0.1) is 0 Å². The first-order chi connectivity index (χ1) is 13.1. The van der Waals surface area contributed by atoms with E-state index in [-0.39, 0.29) is 17.9 Å². The fourth-order valence-corrected chi connectivity index (χ4v) is 2.57. The van der Waals surface area contributed by atoms with Gasteiger partial charge < -0.3 is 15.2 Å². The number of carboxylic acid groups (broad SMARTS) is 1. The van der Waals surface area contributed by atoms with Crippen molar-refractivity contribution in [1.82, 2.24) is 0 Å². The van der Waals surface area contributed by atoms with Gasteiger partial charge in [0.1, 0.15) is 12.4 Å².